The monoisotopic (exact) mass is 655 g/mol. The molecule has 4 amide bonds. The van der Waals surface area contributed by atoms with Gasteiger partial charge >= 0.3 is 6.09 Å². The number of carbonyl (C=O) groups excluding carboxylic acids is 3. The summed E-state index contributed by atoms with van der Waals surface area (Å²) in [5.41, 5.74) is 0.747. The minimum absolute atomic E-state index is 0.0658. The number of alkyl halides is 2. The van der Waals surface area contributed by atoms with Crippen LogP contribution in [0.25, 0.3) is 0 Å². The second-order valence-corrected chi connectivity index (χ2v) is 13.9. The maximum atomic E-state index is 14.6. The molecule has 3 heterocycles. The number of amides is 4. The largest absolute Gasteiger partial charge is 0.493 e. The van der Waals surface area contributed by atoms with Crippen LogP contribution in [0.15, 0.2) is 54.6 Å². The van der Waals surface area contributed by atoms with E-state index in [9.17, 15) is 33.1 Å². The number of carboxylic acid groups (broad SMARTS) is 1. The van der Waals surface area contributed by atoms with E-state index >= 15 is 0 Å². The fourth-order valence-corrected chi connectivity index (χ4v) is 6.65. The van der Waals surface area contributed by atoms with Gasteiger partial charge in [0.2, 0.25) is 11.8 Å². The van der Waals surface area contributed by atoms with Crippen molar-refractivity contribution in [1.29, 1.82) is 0 Å². The summed E-state index contributed by atoms with van der Waals surface area (Å²) in [4.78, 5) is 58.2. The number of piperazine rings is 1. The number of nitrogens with one attached hydrogen (secondary N) is 2. The second kappa shape index (κ2) is 13.5. The first kappa shape index (κ1) is 34.1. The number of carbonyl (C=O) groups is 4. The first-order chi connectivity index (χ1) is 22.1. The molecule has 3 aliphatic rings. The third kappa shape index (κ3) is 7.83. The van der Waals surface area contributed by atoms with Crippen LogP contribution in [0.5, 0.6) is 5.75 Å². The average molecular weight is 656 g/mol. The number of hydrogen-bond donors (Lipinski definition) is 3. The molecule has 2 fully saturated rings. The van der Waals surface area contributed by atoms with Crippen LogP contribution in [-0.4, -0.2) is 100 Å². The number of fused-ring (bicyclic) bond motifs is 2. The van der Waals surface area contributed by atoms with Gasteiger partial charge in [-0.15, -0.1) is 0 Å². The number of hydrogen-bond acceptors (Lipinski definition) is 6. The van der Waals surface area contributed by atoms with Crippen LogP contribution >= 0.6 is 0 Å². The standard InChI is InChI=1S/C34H43F2N5O6/c1-21(41(32(45)46)19-33(2,3)4)29(42)38-28(22-10-6-5-7-11-22)31(44)40-17-23-16-34(35,36)20-39(23)18-26(40)30(43)37-25-14-15-47-27-13-9-8-12-24(25)27/h5-13,21,23,25-26,28H,14-20H2,1-4H3,(H,37,43)(H,38,42)(H,45,46)/t21-,23+,25+,26-,28-/m0/s1. The molecule has 3 aliphatic heterocycles. The maximum absolute atomic E-state index is 14.6. The van der Waals surface area contributed by atoms with Gasteiger partial charge in [-0.1, -0.05) is 69.3 Å². The number of benzene rings is 2. The molecule has 0 aromatic heterocycles. The Balaban J connectivity index is 1.44. The van der Waals surface area contributed by atoms with Crippen LogP contribution in [0.1, 0.15) is 63.7 Å². The Hall–Kier alpha value is -4.26. The highest BCUT2D eigenvalue weighted by Gasteiger charge is 2.52. The number of nitrogens with zero attached hydrogens (tertiary/aromatic N) is 3. The molecule has 3 N–H and O–H groups in total. The van der Waals surface area contributed by atoms with Crippen molar-refractivity contribution in [3.05, 3.63) is 65.7 Å². The Bertz CT molecular complexity index is 1480. The lowest BCUT2D eigenvalue weighted by molar-refractivity contribution is -0.148. The fraction of sp³-hybridized carbons (Fsp3) is 0.529. The third-order valence-electron chi connectivity index (χ3n) is 8.94. The van der Waals surface area contributed by atoms with Crippen molar-refractivity contribution in [2.45, 2.75) is 76.7 Å². The highest BCUT2D eigenvalue weighted by Crippen LogP contribution is 2.37. The minimum atomic E-state index is -2.97. The summed E-state index contributed by atoms with van der Waals surface area (Å²) in [6.45, 7) is 6.67. The summed E-state index contributed by atoms with van der Waals surface area (Å²) in [6, 6.07) is 11.1. The molecule has 0 radical (unpaired) electrons. The van der Waals surface area contributed by atoms with Gasteiger partial charge in [0.05, 0.1) is 19.2 Å². The van der Waals surface area contributed by atoms with Crippen molar-refractivity contribution < 1.29 is 37.8 Å². The Morgan fingerprint density at radius 1 is 1.06 bits per heavy atom. The highest BCUT2D eigenvalue weighted by atomic mass is 19.3. The van der Waals surface area contributed by atoms with E-state index in [2.05, 4.69) is 10.6 Å². The minimum Gasteiger partial charge on any atom is -0.493 e. The molecule has 0 saturated carbocycles. The molecular formula is C34H43F2N5O6. The fourth-order valence-electron chi connectivity index (χ4n) is 6.65. The zero-order valence-corrected chi connectivity index (χ0v) is 27.1. The Morgan fingerprint density at radius 2 is 1.74 bits per heavy atom. The van der Waals surface area contributed by atoms with Gasteiger partial charge in [0, 0.05) is 44.1 Å². The Labute approximate surface area is 273 Å². The zero-order valence-electron chi connectivity index (χ0n) is 27.1. The normalized spacial score (nSPS) is 23.4. The molecule has 0 bridgehead atoms. The lowest BCUT2D eigenvalue weighted by atomic mass is 9.95. The van der Waals surface area contributed by atoms with Crippen molar-refractivity contribution >= 4 is 23.8 Å². The van der Waals surface area contributed by atoms with Crippen molar-refractivity contribution in [2.75, 3.05) is 32.8 Å². The first-order valence-electron chi connectivity index (χ1n) is 15.9. The summed E-state index contributed by atoms with van der Waals surface area (Å²) < 4.78 is 35.0. The second-order valence-electron chi connectivity index (χ2n) is 13.9. The molecule has 5 atom stereocenters. The smallest absolute Gasteiger partial charge is 0.407 e. The Morgan fingerprint density at radius 3 is 2.43 bits per heavy atom. The molecule has 2 aromatic rings. The van der Waals surface area contributed by atoms with Crippen molar-refractivity contribution in [2.24, 2.45) is 5.41 Å². The van der Waals surface area contributed by atoms with Gasteiger partial charge < -0.3 is 25.4 Å². The van der Waals surface area contributed by atoms with Gasteiger partial charge in [-0.25, -0.2) is 13.6 Å². The van der Waals surface area contributed by atoms with Crippen LogP contribution in [0.3, 0.4) is 0 Å². The summed E-state index contributed by atoms with van der Waals surface area (Å²) in [5.74, 6) is -4.17. The lowest BCUT2D eigenvalue weighted by Crippen LogP contribution is -2.64. The van der Waals surface area contributed by atoms with Gasteiger partial charge in [0.15, 0.2) is 0 Å². The summed E-state index contributed by atoms with van der Waals surface area (Å²) in [6.07, 6.45) is -1.25. The van der Waals surface area contributed by atoms with E-state index in [0.717, 1.165) is 10.5 Å². The lowest BCUT2D eigenvalue weighted by Gasteiger charge is -2.44. The van der Waals surface area contributed by atoms with Crippen molar-refractivity contribution in [3.8, 4) is 5.75 Å². The van der Waals surface area contributed by atoms with E-state index in [-0.39, 0.29) is 19.6 Å². The van der Waals surface area contributed by atoms with Crippen molar-refractivity contribution in [3.63, 3.8) is 0 Å². The molecule has 47 heavy (non-hydrogen) atoms. The summed E-state index contributed by atoms with van der Waals surface area (Å²) in [5, 5.41) is 15.7. The van der Waals surface area contributed by atoms with E-state index < -0.39 is 78.3 Å². The molecule has 0 spiro atoms. The van der Waals surface area contributed by atoms with Crippen LogP contribution in [0.4, 0.5) is 13.6 Å². The molecule has 11 nitrogen and oxygen atoms in total. The molecular weight excluding hydrogens is 612 g/mol. The van der Waals surface area contributed by atoms with E-state index in [4.69, 9.17) is 4.74 Å². The van der Waals surface area contributed by atoms with Crippen LogP contribution in [0, 0.1) is 5.41 Å². The predicted molar refractivity (Wildman–Crippen MR) is 169 cm³/mol. The first-order valence-corrected chi connectivity index (χ1v) is 15.9. The number of rotatable bonds is 8. The average Bonchev–Trinajstić information content (AvgIpc) is 3.33. The van der Waals surface area contributed by atoms with Crippen LogP contribution in [0.2, 0.25) is 0 Å². The number of para-hydroxylation sites is 1. The van der Waals surface area contributed by atoms with E-state index in [1.807, 2.05) is 45.0 Å². The zero-order chi connectivity index (χ0) is 34.1. The highest BCUT2D eigenvalue weighted by molar-refractivity contribution is 5.94. The molecule has 13 heteroatoms. The van der Waals surface area contributed by atoms with Gasteiger partial charge in [0.25, 0.3) is 11.8 Å². The Kier molecular flexibility index (Phi) is 9.76. The number of ether oxygens (including phenoxy) is 1. The molecule has 2 aromatic carbocycles. The number of halogens is 2. The van der Waals surface area contributed by atoms with Gasteiger partial charge in [-0.05, 0) is 24.0 Å². The van der Waals surface area contributed by atoms with Gasteiger partial charge in [-0.2, -0.15) is 0 Å². The van der Waals surface area contributed by atoms with Crippen molar-refractivity contribution in [1.82, 2.24) is 25.3 Å². The molecule has 2 saturated heterocycles. The van der Waals surface area contributed by atoms with Gasteiger partial charge in [-0.3, -0.25) is 24.2 Å². The topological polar surface area (TPSA) is 132 Å². The molecule has 5 rings (SSSR count). The summed E-state index contributed by atoms with van der Waals surface area (Å²) in [7, 11) is 0. The predicted octanol–water partition coefficient (Wildman–Crippen LogP) is 3.82. The maximum Gasteiger partial charge on any atom is 0.407 e. The van der Waals surface area contributed by atoms with Gasteiger partial charge in [0.1, 0.15) is 23.9 Å². The summed E-state index contributed by atoms with van der Waals surface area (Å²) >= 11 is 0. The molecule has 254 valence electrons. The van der Waals surface area contributed by atoms with E-state index in [1.165, 1.54) is 11.8 Å². The quantitative estimate of drug-likeness (QED) is 0.394. The third-order valence-corrected chi connectivity index (χ3v) is 8.94. The molecule has 0 unspecified atom stereocenters. The van der Waals surface area contributed by atoms with E-state index in [1.54, 1.807) is 35.2 Å². The van der Waals surface area contributed by atoms with Crippen LogP contribution < -0.4 is 15.4 Å². The van der Waals surface area contributed by atoms with E-state index in [0.29, 0.717) is 24.3 Å². The van der Waals surface area contributed by atoms with Crippen LogP contribution in [-0.2, 0) is 14.4 Å². The SMILES string of the molecule is C[C@@H](C(=O)N[C@H](C(=O)N1C[C@H]2CC(F)(F)CN2C[C@H]1C(=O)N[C@@H]1CCOc2ccccc21)c1ccccc1)N(CC(C)(C)C)C(=O)O. The molecule has 0 aliphatic carbocycles.